The molecule has 3 nitrogen and oxygen atoms in total. The summed E-state index contributed by atoms with van der Waals surface area (Å²) in [4.78, 5) is 16.2. The van der Waals surface area contributed by atoms with Gasteiger partial charge in [0.1, 0.15) is 0 Å². The summed E-state index contributed by atoms with van der Waals surface area (Å²) in [6, 6.07) is 0. The second-order valence-corrected chi connectivity index (χ2v) is 4.42. The fourth-order valence-corrected chi connectivity index (χ4v) is 1.47. The van der Waals surface area contributed by atoms with Crippen molar-refractivity contribution in [3.8, 4) is 0 Å². The molecule has 0 fully saturated rings. The summed E-state index contributed by atoms with van der Waals surface area (Å²) in [6.45, 7) is 7.76. The fraction of sp³-hybridized carbons (Fsp3) is 0.667. The highest BCUT2D eigenvalue weighted by molar-refractivity contribution is 5.90. The summed E-state index contributed by atoms with van der Waals surface area (Å²) in [5.74, 6) is 0.495. The van der Waals surface area contributed by atoms with E-state index in [1.165, 1.54) is 6.92 Å². The van der Waals surface area contributed by atoms with Gasteiger partial charge in [-0.1, -0.05) is 19.0 Å². The smallest absolute Gasteiger partial charge is 0.158 e. The van der Waals surface area contributed by atoms with Crippen molar-refractivity contribution in [1.82, 2.24) is 0 Å². The minimum Gasteiger partial charge on any atom is -0.385 e. The van der Waals surface area contributed by atoms with Crippen molar-refractivity contribution in [2.45, 2.75) is 46.1 Å². The van der Waals surface area contributed by atoms with E-state index in [1.54, 1.807) is 12.2 Å². The van der Waals surface area contributed by atoms with Gasteiger partial charge < -0.3 is 4.84 Å². The maximum atomic E-state index is 10.8. The maximum absolute atomic E-state index is 10.8. The minimum atomic E-state index is -0.426. The third-order valence-corrected chi connectivity index (χ3v) is 2.76. The predicted octanol–water partition coefficient (Wildman–Crippen LogP) is 2.71. The molecule has 2 unspecified atom stereocenters. The maximum Gasteiger partial charge on any atom is 0.158 e. The van der Waals surface area contributed by atoms with Crippen molar-refractivity contribution in [2.75, 3.05) is 0 Å². The van der Waals surface area contributed by atoms with E-state index in [4.69, 9.17) is 4.84 Å². The molecule has 2 atom stereocenters. The topological polar surface area (TPSA) is 38.7 Å². The Morgan fingerprint density at radius 1 is 1.73 bits per heavy atom. The quantitative estimate of drug-likeness (QED) is 0.668. The molecule has 0 aromatic heterocycles. The van der Waals surface area contributed by atoms with Crippen LogP contribution in [0.2, 0.25) is 0 Å². The summed E-state index contributed by atoms with van der Waals surface area (Å²) in [5, 5.41) is 4.09. The molecule has 0 aliphatic carbocycles. The zero-order valence-corrected chi connectivity index (χ0v) is 9.91. The second kappa shape index (κ2) is 4.60. The zero-order valence-electron chi connectivity index (χ0n) is 9.91. The highest BCUT2D eigenvalue weighted by atomic mass is 16.7. The molecule has 0 N–H and O–H groups in total. The molecule has 1 rings (SSSR count). The third kappa shape index (κ3) is 3.18. The van der Waals surface area contributed by atoms with Crippen LogP contribution in [0.1, 0.15) is 40.5 Å². The molecule has 0 aromatic carbocycles. The molecule has 3 heteroatoms. The Morgan fingerprint density at radius 2 is 2.40 bits per heavy atom. The summed E-state index contributed by atoms with van der Waals surface area (Å²) in [6.07, 6.45) is 5.20. The predicted molar refractivity (Wildman–Crippen MR) is 60.8 cm³/mol. The Bertz CT molecular complexity index is 307. The molecule has 15 heavy (non-hydrogen) atoms. The number of allylic oxidation sites excluding steroid dienone is 1. The molecule has 0 amide bonds. The van der Waals surface area contributed by atoms with E-state index in [1.807, 2.05) is 6.92 Å². The molecule has 1 aliphatic rings. The molecule has 1 heterocycles. The van der Waals surface area contributed by atoms with E-state index >= 15 is 0 Å². The van der Waals surface area contributed by atoms with E-state index in [9.17, 15) is 4.79 Å². The van der Waals surface area contributed by atoms with Crippen LogP contribution in [-0.2, 0) is 9.63 Å². The van der Waals surface area contributed by atoms with Crippen molar-refractivity contribution in [1.29, 1.82) is 0 Å². The van der Waals surface area contributed by atoms with E-state index in [0.29, 0.717) is 5.92 Å². The van der Waals surface area contributed by atoms with Gasteiger partial charge in [-0.2, -0.15) is 0 Å². The molecule has 0 radical (unpaired) electrons. The van der Waals surface area contributed by atoms with E-state index in [0.717, 1.165) is 18.6 Å². The molecule has 0 bridgehead atoms. The van der Waals surface area contributed by atoms with Gasteiger partial charge in [0.25, 0.3) is 0 Å². The Kier molecular flexibility index (Phi) is 3.66. The Labute approximate surface area is 91.2 Å². The van der Waals surface area contributed by atoms with Gasteiger partial charge >= 0.3 is 0 Å². The van der Waals surface area contributed by atoms with Gasteiger partial charge in [-0.05, 0) is 38.3 Å². The molecular formula is C12H19NO2. The lowest BCUT2D eigenvalue weighted by molar-refractivity contribution is -0.112. The fourth-order valence-electron chi connectivity index (χ4n) is 1.47. The monoisotopic (exact) mass is 209 g/mol. The Morgan fingerprint density at radius 3 is 2.93 bits per heavy atom. The largest absolute Gasteiger partial charge is 0.385 e. The lowest BCUT2D eigenvalue weighted by atomic mass is 9.91. The molecule has 84 valence electrons. The first-order valence-electron chi connectivity index (χ1n) is 5.41. The highest BCUT2D eigenvalue weighted by Gasteiger charge is 2.33. The first kappa shape index (κ1) is 12.0. The van der Waals surface area contributed by atoms with Gasteiger partial charge in [0.05, 0.1) is 5.71 Å². The van der Waals surface area contributed by atoms with Crippen LogP contribution in [-0.4, -0.2) is 17.1 Å². The van der Waals surface area contributed by atoms with Crippen LogP contribution < -0.4 is 0 Å². The van der Waals surface area contributed by atoms with Crippen LogP contribution in [0, 0.1) is 5.92 Å². The summed E-state index contributed by atoms with van der Waals surface area (Å²) in [5.41, 5.74) is 0.665. The van der Waals surface area contributed by atoms with Crippen molar-refractivity contribution >= 4 is 11.5 Å². The van der Waals surface area contributed by atoms with Crippen molar-refractivity contribution in [3.63, 3.8) is 0 Å². The number of nitrogens with zero attached hydrogens (tertiary/aromatic N) is 1. The molecular weight excluding hydrogens is 190 g/mol. The minimum absolute atomic E-state index is 0.0387. The van der Waals surface area contributed by atoms with Crippen molar-refractivity contribution in [2.24, 2.45) is 11.1 Å². The third-order valence-electron chi connectivity index (χ3n) is 2.76. The summed E-state index contributed by atoms with van der Waals surface area (Å²) >= 11 is 0. The van der Waals surface area contributed by atoms with Gasteiger partial charge in [0.2, 0.25) is 0 Å². The van der Waals surface area contributed by atoms with Gasteiger partial charge in [-0.25, -0.2) is 0 Å². The summed E-state index contributed by atoms with van der Waals surface area (Å²) < 4.78 is 0. The molecule has 0 saturated heterocycles. The Hall–Kier alpha value is -1.12. The van der Waals surface area contributed by atoms with Crippen molar-refractivity contribution in [3.05, 3.63) is 12.2 Å². The van der Waals surface area contributed by atoms with Crippen LogP contribution >= 0.6 is 0 Å². The van der Waals surface area contributed by atoms with Crippen LogP contribution in [0.5, 0.6) is 0 Å². The highest BCUT2D eigenvalue weighted by Crippen LogP contribution is 2.28. The zero-order chi connectivity index (χ0) is 11.5. The SMILES string of the molecule is CCC(C)C1=NOC(C)(C=CC(C)=O)C1. The number of hydrogen-bond acceptors (Lipinski definition) is 3. The number of carbonyl (C=O) groups is 1. The lowest BCUT2D eigenvalue weighted by Crippen LogP contribution is -2.23. The average Bonchev–Trinajstić information content (AvgIpc) is 2.58. The van der Waals surface area contributed by atoms with Gasteiger partial charge in [0.15, 0.2) is 11.4 Å². The summed E-state index contributed by atoms with van der Waals surface area (Å²) in [7, 11) is 0. The Balaban J connectivity index is 2.61. The van der Waals surface area contributed by atoms with Crippen molar-refractivity contribution < 1.29 is 9.63 Å². The lowest BCUT2D eigenvalue weighted by Gasteiger charge is -2.16. The number of carbonyl (C=O) groups excluding carboxylic acids is 1. The standard InChI is InChI=1S/C12H19NO2/c1-5-9(2)11-8-12(4,15-13-11)7-6-10(3)14/h6-7,9H,5,8H2,1-4H3. The normalized spacial score (nSPS) is 27.6. The van der Waals surface area contributed by atoms with Crippen LogP contribution in [0.25, 0.3) is 0 Å². The van der Waals surface area contributed by atoms with Gasteiger partial charge in [0, 0.05) is 6.42 Å². The number of ketones is 1. The number of hydrogen-bond donors (Lipinski definition) is 0. The van der Waals surface area contributed by atoms with Gasteiger partial charge in [-0.15, -0.1) is 0 Å². The van der Waals surface area contributed by atoms with Gasteiger partial charge in [-0.3, -0.25) is 4.79 Å². The van der Waals surface area contributed by atoms with E-state index < -0.39 is 5.60 Å². The first-order chi connectivity index (χ1) is 6.97. The molecule has 0 aromatic rings. The number of rotatable bonds is 4. The van der Waals surface area contributed by atoms with Crippen LogP contribution in [0.15, 0.2) is 17.3 Å². The number of oxime groups is 1. The molecule has 0 spiro atoms. The van der Waals surface area contributed by atoms with Crippen LogP contribution in [0.3, 0.4) is 0 Å². The first-order valence-corrected chi connectivity index (χ1v) is 5.41. The van der Waals surface area contributed by atoms with E-state index in [2.05, 4.69) is 19.0 Å². The second-order valence-electron chi connectivity index (χ2n) is 4.42. The van der Waals surface area contributed by atoms with E-state index in [-0.39, 0.29) is 5.78 Å². The molecule has 1 aliphatic heterocycles. The van der Waals surface area contributed by atoms with Crippen LogP contribution in [0.4, 0.5) is 0 Å². The molecule has 0 saturated carbocycles. The average molecular weight is 209 g/mol.